The van der Waals surface area contributed by atoms with E-state index in [0.717, 1.165) is 5.88 Å². The molecule has 5 heteroatoms. The van der Waals surface area contributed by atoms with Crippen molar-refractivity contribution >= 4 is 17.6 Å². The second kappa shape index (κ2) is 8.56. The van der Waals surface area contributed by atoms with Gasteiger partial charge in [0.15, 0.2) is 0 Å². The molecule has 0 aliphatic heterocycles. The molecule has 0 amide bonds. The Morgan fingerprint density at radius 2 is 2.36 bits per heavy atom. The minimum absolute atomic E-state index is 0.185. The molecule has 0 fully saturated rings. The summed E-state index contributed by atoms with van der Waals surface area (Å²) < 4.78 is 0. The van der Waals surface area contributed by atoms with E-state index in [4.69, 9.17) is 16.7 Å². The molecule has 0 unspecified atom stereocenters. The summed E-state index contributed by atoms with van der Waals surface area (Å²) in [4.78, 5) is 10.0. The number of aromatic nitrogens is 2. The average molecular weight is 219 g/mol. The summed E-state index contributed by atoms with van der Waals surface area (Å²) in [5, 5.41) is 14.0. The van der Waals surface area contributed by atoms with E-state index in [9.17, 15) is 4.79 Å². The summed E-state index contributed by atoms with van der Waals surface area (Å²) in [5.41, 5.74) is 0.185. The first kappa shape index (κ1) is 13.0. The fraction of sp³-hybridized carbons (Fsp3) is 0.556. The molecule has 0 spiro atoms. The Balaban J connectivity index is 0.000000255. The topological polar surface area (TPSA) is 66.0 Å². The maximum Gasteiger partial charge on any atom is 0.338 e. The SMILES string of the molecule is CCCCCCl.O=C(O)c1cn[nH]c1. The van der Waals surface area contributed by atoms with E-state index < -0.39 is 5.97 Å². The maximum atomic E-state index is 10.0. The van der Waals surface area contributed by atoms with Crippen LogP contribution in [0.2, 0.25) is 0 Å². The van der Waals surface area contributed by atoms with Crippen LogP contribution in [0.25, 0.3) is 0 Å². The van der Waals surface area contributed by atoms with Crippen LogP contribution < -0.4 is 0 Å². The largest absolute Gasteiger partial charge is 0.478 e. The van der Waals surface area contributed by atoms with E-state index in [2.05, 4.69) is 17.1 Å². The first-order valence-corrected chi connectivity index (χ1v) is 5.03. The zero-order chi connectivity index (χ0) is 10.8. The zero-order valence-electron chi connectivity index (χ0n) is 8.16. The summed E-state index contributed by atoms with van der Waals surface area (Å²) in [7, 11) is 0. The Morgan fingerprint density at radius 1 is 1.64 bits per heavy atom. The van der Waals surface area contributed by atoms with E-state index in [1.165, 1.54) is 31.7 Å². The summed E-state index contributed by atoms with van der Waals surface area (Å²) in [5.74, 6) is -0.132. The number of aromatic carboxylic acids is 1. The number of aromatic amines is 1. The number of carbonyl (C=O) groups is 1. The Labute approximate surface area is 88.3 Å². The molecule has 1 heterocycles. The number of rotatable bonds is 4. The monoisotopic (exact) mass is 218 g/mol. The highest BCUT2D eigenvalue weighted by atomic mass is 35.5. The number of halogens is 1. The van der Waals surface area contributed by atoms with Gasteiger partial charge in [0.2, 0.25) is 0 Å². The maximum absolute atomic E-state index is 10.0. The summed E-state index contributed by atoms with van der Waals surface area (Å²) >= 11 is 5.38. The van der Waals surface area contributed by atoms with Crippen molar-refractivity contribution in [1.29, 1.82) is 0 Å². The first-order valence-electron chi connectivity index (χ1n) is 4.50. The number of hydrogen-bond acceptors (Lipinski definition) is 2. The van der Waals surface area contributed by atoms with Crippen molar-refractivity contribution in [3.63, 3.8) is 0 Å². The molecule has 14 heavy (non-hydrogen) atoms. The van der Waals surface area contributed by atoms with Gasteiger partial charge in [0, 0.05) is 12.1 Å². The third-order valence-electron chi connectivity index (χ3n) is 1.48. The second-order valence-electron chi connectivity index (χ2n) is 2.69. The van der Waals surface area contributed by atoms with Gasteiger partial charge in [0.25, 0.3) is 0 Å². The molecule has 0 aromatic carbocycles. The van der Waals surface area contributed by atoms with Crippen LogP contribution in [0.5, 0.6) is 0 Å². The molecule has 0 saturated heterocycles. The Morgan fingerprint density at radius 3 is 2.57 bits per heavy atom. The van der Waals surface area contributed by atoms with E-state index in [-0.39, 0.29) is 5.56 Å². The molecule has 0 aliphatic rings. The number of nitrogens with one attached hydrogen (secondary N) is 1. The number of hydrogen-bond donors (Lipinski definition) is 2. The molecule has 0 saturated carbocycles. The summed E-state index contributed by atoms with van der Waals surface area (Å²) in [6, 6.07) is 0. The van der Waals surface area contributed by atoms with Crippen molar-refractivity contribution in [2.24, 2.45) is 0 Å². The van der Waals surface area contributed by atoms with Crippen LogP contribution in [0.4, 0.5) is 0 Å². The Hall–Kier alpha value is -1.03. The molecule has 1 rings (SSSR count). The Kier molecular flexibility index (Phi) is 7.93. The summed E-state index contributed by atoms with van der Waals surface area (Å²) in [6.07, 6.45) is 6.30. The molecule has 0 aliphatic carbocycles. The number of nitrogens with zero attached hydrogens (tertiary/aromatic N) is 1. The molecule has 4 nitrogen and oxygen atoms in total. The van der Waals surface area contributed by atoms with Gasteiger partial charge in [-0.25, -0.2) is 4.79 Å². The number of H-pyrrole nitrogens is 1. The quantitative estimate of drug-likeness (QED) is 0.603. The second-order valence-corrected chi connectivity index (χ2v) is 3.07. The van der Waals surface area contributed by atoms with Crippen molar-refractivity contribution in [2.75, 3.05) is 5.88 Å². The predicted octanol–water partition coefficient (Wildman–Crippen LogP) is 2.52. The van der Waals surface area contributed by atoms with Gasteiger partial charge < -0.3 is 5.11 Å². The van der Waals surface area contributed by atoms with E-state index in [1.807, 2.05) is 0 Å². The van der Waals surface area contributed by atoms with Crippen LogP contribution in [0.1, 0.15) is 36.5 Å². The zero-order valence-corrected chi connectivity index (χ0v) is 8.92. The smallest absolute Gasteiger partial charge is 0.338 e. The van der Waals surface area contributed by atoms with Gasteiger partial charge in [-0.1, -0.05) is 19.8 Å². The normalized spacial score (nSPS) is 9.00. The molecule has 0 radical (unpaired) electrons. The van der Waals surface area contributed by atoms with E-state index in [1.54, 1.807) is 0 Å². The molecular formula is C9H15ClN2O2. The number of unbranched alkanes of at least 4 members (excludes halogenated alkanes) is 2. The predicted molar refractivity (Wildman–Crippen MR) is 55.8 cm³/mol. The highest BCUT2D eigenvalue weighted by molar-refractivity contribution is 6.17. The lowest BCUT2D eigenvalue weighted by Gasteiger charge is -1.84. The summed E-state index contributed by atoms with van der Waals surface area (Å²) in [6.45, 7) is 2.17. The molecule has 0 bridgehead atoms. The van der Waals surface area contributed by atoms with Crippen molar-refractivity contribution < 1.29 is 9.90 Å². The molecule has 2 N–H and O–H groups in total. The highest BCUT2D eigenvalue weighted by Gasteiger charge is 1.99. The van der Waals surface area contributed by atoms with Gasteiger partial charge in [0.1, 0.15) is 0 Å². The fourth-order valence-electron chi connectivity index (χ4n) is 0.712. The van der Waals surface area contributed by atoms with Crippen LogP contribution >= 0.6 is 11.6 Å². The van der Waals surface area contributed by atoms with Gasteiger partial charge in [-0.15, -0.1) is 11.6 Å². The number of alkyl halides is 1. The minimum Gasteiger partial charge on any atom is -0.478 e. The van der Waals surface area contributed by atoms with Crippen LogP contribution in [-0.4, -0.2) is 27.2 Å². The van der Waals surface area contributed by atoms with Gasteiger partial charge in [-0.05, 0) is 6.42 Å². The van der Waals surface area contributed by atoms with Crippen molar-refractivity contribution in [1.82, 2.24) is 10.2 Å². The van der Waals surface area contributed by atoms with Gasteiger partial charge in [-0.3, -0.25) is 5.10 Å². The number of carboxylic acids is 1. The lowest BCUT2D eigenvalue weighted by Crippen LogP contribution is -1.91. The minimum atomic E-state index is -0.959. The first-order chi connectivity index (χ1) is 6.72. The lowest BCUT2D eigenvalue weighted by molar-refractivity contribution is 0.0697. The standard InChI is InChI=1S/C5H11Cl.C4H4N2O2/c1-2-3-4-5-6;7-4(8)3-1-5-6-2-3/h2-5H2,1H3;1-2H,(H,5,6)(H,7,8). The molecule has 80 valence electrons. The van der Waals surface area contributed by atoms with Crippen LogP contribution in [0, 0.1) is 0 Å². The van der Waals surface area contributed by atoms with Crippen molar-refractivity contribution in [2.45, 2.75) is 26.2 Å². The van der Waals surface area contributed by atoms with Crippen LogP contribution in [-0.2, 0) is 0 Å². The third-order valence-corrected chi connectivity index (χ3v) is 1.75. The average Bonchev–Trinajstić information content (AvgIpc) is 2.68. The molecule has 0 atom stereocenters. The van der Waals surface area contributed by atoms with Gasteiger partial charge >= 0.3 is 5.97 Å². The molecule has 1 aromatic heterocycles. The van der Waals surface area contributed by atoms with Crippen LogP contribution in [0.3, 0.4) is 0 Å². The van der Waals surface area contributed by atoms with Crippen LogP contribution in [0.15, 0.2) is 12.4 Å². The van der Waals surface area contributed by atoms with E-state index >= 15 is 0 Å². The van der Waals surface area contributed by atoms with Crippen molar-refractivity contribution in [3.05, 3.63) is 18.0 Å². The van der Waals surface area contributed by atoms with Gasteiger partial charge in [-0.2, -0.15) is 5.10 Å². The van der Waals surface area contributed by atoms with Crippen molar-refractivity contribution in [3.8, 4) is 0 Å². The number of carboxylic acid groups (broad SMARTS) is 1. The Bertz CT molecular complexity index is 233. The highest BCUT2D eigenvalue weighted by Crippen LogP contribution is 1.93. The third kappa shape index (κ3) is 6.48. The molecule has 1 aromatic rings. The lowest BCUT2D eigenvalue weighted by atomic mass is 10.3. The van der Waals surface area contributed by atoms with E-state index in [0.29, 0.717) is 0 Å². The fourth-order valence-corrected chi connectivity index (χ4v) is 0.901. The van der Waals surface area contributed by atoms with Gasteiger partial charge in [0.05, 0.1) is 11.8 Å². The molecular weight excluding hydrogens is 204 g/mol.